The molecule has 1 saturated heterocycles. The first-order valence-electron chi connectivity index (χ1n) is 9.88. The summed E-state index contributed by atoms with van der Waals surface area (Å²) in [6.45, 7) is 1.45. The molecule has 0 spiro atoms. The number of aromatic nitrogens is 1. The molecule has 0 bridgehead atoms. The number of nitrogens with zero attached hydrogens (tertiary/aromatic N) is 1. The Morgan fingerprint density at radius 1 is 1.17 bits per heavy atom. The van der Waals surface area contributed by atoms with Crippen LogP contribution < -0.4 is 10.1 Å². The fourth-order valence-electron chi connectivity index (χ4n) is 3.94. The number of H-pyrrole nitrogens is 1. The number of hydrogen-bond acceptors (Lipinski definition) is 3. The standard InChI is InChI=1S/C23H25N3O3/c1-29-21-9-5-2-6-17(21)14-26-15-18(12-22(26)27)23(28)24-11-10-16-13-25-20-8-4-3-7-19(16)20/h2-9,13,18,25H,10-12,14-15H2,1H3,(H,24,28). The van der Waals surface area contributed by atoms with Gasteiger partial charge in [0.15, 0.2) is 0 Å². The Hall–Kier alpha value is -3.28. The summed E-state index contributed by atoms with van der Waals surface area (Å²) in [5.41, 5.74) is 3.23. The van der Waals surface area contributed by atoms with Crippen LogP contribution in [-0.2, 0) is 22.6 Å². The largest absolute Gasteiger partial charge is 0.496 e. The molecule has 2 heterocycles. The second-order valence-electron chi connectivity index (χ2n) is 7.39. The second-order valence-corrected chi connectivity index (χ2v) is 7.39. The molecule has 0 aliphatic carbocycles. The molecular weight excluding hydrogens is 366 g/mol. The van der Waals surface area contributed by atoms with Gasteiger partial charge in [0.1, 0.15) is 5.75 Å². The third kappa shape index (κ3) is 4.11. The van der Waals surface area contributed by atoms with Gasteiger partial charge in [-0.2, -0.15) is 0 Å². The SMILES string of the molecule is COc1ccccc1CN1CC(C(=O)NCCc2c[nH]c3ccccc23)CC1=O. The summed E-state index contributed by atoms with van der Waals surface area (Å²) >= 11 is 0. The van der Waals surface area contributed by atoms with Gasteiger partial charge in [0.2, 0.25) is 11.8 Å². The maximum Gasteiger partial charge on any atom is 0.225 e. The first-order chi connectivity index (χ1) is 14.2. The van der Waals surface area contributed by atoms with Gasteiger partial charge < -0.3 is 19.9 Å². The number of benzene rings is 2. The van der Waals surface area contributed by atoms with Crippen molar-refractivity contribution in [1.82, 2.24) is 15.2 Å². The van der Waals surface area contributed by atoms with Crippen molar-refractivity contribution in [3.63, 3.8) is 0 Å². The van der Waals surface area contributed by atoms with Crippen molar-refractivity contribution in [2.75, 3.05) is 20.2 Å². The van der Waals surface area contributed by atoms with Gasteiger partial charge in [-0.3, -0.25) is 9.59 Å². The lowest BCUT2D eigenvalue weighted by Crippen LogP contribution is -2.34. The highest BCUT2D eigenvalue weighted by molar-refractivity contribution is 5.89. The maximum absolute atomic E-state index is 12.6. The number of fused-ring (bicyclic) bond motifs is 1. The van der Waals surface area contributed by atoms with E-state index in [1.807, 2.05) is 48.7 Å². The number of hydrogen-bond donors (Lipinski definition) is 2. The highest BCUT2D eigenvalue weighted by Crippen LogP contribution is 2.25. The molecule has 0 radical (unpaired) electrons. The monoisotopic (exact) mass is 391 g/mol. The van der Waals surface area contributed by atoms with Gasteiger partial charge >= 0.3 is 0 Å². The molecule has 2 aromatic carbocycles. The molecule has 1 aliphatic heterocycles. The van der Waals surface area contributed by atoms with Crippen LogP contribution in [0.3, 0.4) is 0 Å². The first-order valence-corrected chi connectivity index (χ1v) is 9.88. The molecule has 29 heavy (non-hydrogen) atoms. The van der Waals surface area contributed by atoms with E-state index in [1.165, 1.54) is 10.9 Å². The molecule has 6 nitrogen and oxygen atoms in total. The molecule has 150 valence electrons. The fraction of sp³-hybridized carbons (Fsp3) is 0.304. The topological polar surface area (TPSA) is 74.4 Å². The number of methoxy groups -OCH3 is 1. The predicted molar refractivity (Wildman–Crippen MR) is 112 cm³/mol. The molecule has 1 aromatic heterocycles. The Morgan fingerprint density at radius 3 is 2.83 bits per heavy atom. The zero-order valence-corrected chi connectivity index (χ0v) is 16.5. The lowest BCUT2D eigenvalue weighted by Gasteiger charge is -2.18. The average Bonchev–Trinajstić information content (AvgIpc) is 3.32. The van der Waals surface area contributed by atoms with Crippen molar-refractivity contribution in [2.24, 2.45) is 5.92 Å². The van der Waals surface area contributed by atoms with Crippen molar-refractivity contribution in [3.05, 3.63) is 65.9 Å². The van der Waals surface area contributed by atoms with Gasteiger partial charge in [-0.05, 0) is 24.1 Å². The van der Waals surface area contributed by atoms with E-state index in [9.17, 15) is 9.59 Å². The zero-order valence-electron chi connectivity index (χ0n) is 16.5. The van der Waals surface area contributed by atoms with E-state index in [2.05, 4.69) is 16.4 Å². The summed E-state index contributed by atoms with van der Waals surface area (Å²) in [6.07, 6.45) is 3.00. The maximum atomic E-state index is 12.6. The summed E-state index contributed by atoms with van der Waals surface area (Å²) in [5, 5.41) is 4.18. The minimum Gasteiger partial charge on any atom is -0.496 e. The molecule has 1 aliphatic rings. The zero-order chi connectivity index (χ0) is 20.2. The summed E-state index contributed by atoms with van der Waals surface area (Å²) < 4.78 is 5.36. The van der Waals surface area contributed by atoms with Gasteiger partial charge in [-0.15, -0.1) is 0 Å². The van der Waals surface area contributed by atoms with Crippen molar-refractivity contribution in [2.45, 2.75) is 19.4 Å². The Bertz CT molecular complexity index is 1030. The number of para-hydroxylation sites is 2. The van der Waals surface area contributed by atoms with Crippen molar-refractivity contribution >= 4 is 22.7 Å². The van der Waals surface area contributed by atoms with Gasteiger partial charge in [0.05, 0.1) is 13.0 Å². The fourth-order valence-corrected chi connectivity index (χ4v) is 3.94. The number of aromatic amines is 1. The first kappa shape index (κ1) is 19.1. The highest BCUT2D eigenvalue weighted by Gasteiger charge is 2.34. The van der Waals surface area contributed by atoms with Crippen LogP contribution in [0.5, 0.6) is 5.75 Å². The molecule has 6 heteroatoms. The molecule has 3 aromatic rings. The minimum atomic E-state index is -0.305. The Labute approximate surface area is 169 Å². The Kier molecular flexibility index (Phi) is 5.51. The summed E-state index contributed by atoms with van der Waals surface area (Å²) in [7, 11) is 1.62. The predicted octanol–water partition coefficient (Wildman–Crippen LogP) is 2.88. The Morgan fingerprint density at radius 2 is 1.97 bits per heavy atom. The third-order valence-electron chi connectivity index (χ3n) is 5.51. The van der Waals surface area contributed by atoms with Crippen LogP contribution in [0.15, 0.2) is 54.7 Å². The van der Waals surface area contributed by atoms with E-state index in [-0.39, 0.29) is 24.2 Å². The third-order valence-corrected chi connectivity index (χ3v) is 5.51. The summed E-state index contributed by atoms with van der Waals surface area (Å²) in [6, 6.07) is 15.8. The lowest BCUT2D eigenvalue weighted by atomic mass is 10.1. The van der Waals surface area contributed by atoms with Crippen molar-refractivity contribution < 1.29 is 14.3 Å². The van der Waals surface area contributed by atoms with Crippen LogP contribution in [0.4, 0.5) is 0 Å². The van der Waals surface area contributed by atoms with Crippen LogP contribution in [0.25, 0.3) is 10.9 Å². The van der Waals surface area contributed by atoms with Crippen LogP contribution >= 0.6 is 0 Å². The van der Waals surface area contributed by atoms with Crippen LogP contribution in [0.2, 0.25) is 0 Å². The van der Waals surface area contributed by atoms with E-state index in [1.54, 1.807) is 12.0 Å². The molecule has 1 unspecified atom stereocenters. The smallest absolute Gasteiger partial charge is 0.225 e. The Balaban J connectivity index is 1.31. The highest BCUT2D eigenvalue weighted by atomic mass is 16.5. The average molecular weight is 391 g/mol. The van der Waals surface area contributed by atoms with Gasteiger partial charge in [-0.1, -0.05) is 36.4 Å². The minimum absolute atomic E-state index is 0.00712. The van der Waals surface area contributed by atoms with Crippen LogP contribution in [-0.4, -0.2) is 41.9 Å². The molecule has 1 atom stereocenters. The van der Waals surface area contributed by atoms with Gasteiger partial charge in [0, 0.05) is 48.7 Å². The second kappa shape index (κ2) is 8.39. The van der Waals surface area contributed by atoms with E-state index >= 15 is 0 Å². The van der Waals surface area contributed by atoms with E-state index in [4.69, 9.17) is 4.74 Å². The quantitative estimate of drug-likeness (QED) is 0.650. The summed E-state index contributed by atoms with van der Waals surface area (Å²) in [5.74, 6) is 0.403. The molecule has 4 rings (SSSR count). The normalized spacial score (nSPS) is 16.4. The van der Waals surface area contributed by atoms with Crippen LogP contribution in [0.1, 0.15) is 17.5 Å². The number of carbonyl (C=O) groups is 2. The van der Waals surface area contributed by atoms with E-state index < -0.39 is 0 Å². The van der Waals surface area contributed by atoms with Crippen LogP contribution in [0, 0.1) is 5.92 Å². The lowest BCUT2D eigenvalue weighted by molar-refractivity contribution is -0.129. The van der Waals surface area contributed by atoms with Crippen molar-refractivity contribution in [1.29, 1.82) is 0 Å². The molecule has 2 amide bonds. The molecule has 0 saturated carbocycles. The number of likely N-dealkylation sites (tertiary alicyclic amines) is 1. The number of rotatable bonds is 7. The van der Waals surface area contributed by atoms with Gasteiger partial charge in [0.25, 0.3) is 0 Å². The number of carbonyl (C=O) groups excluding carboxylic acids is 2. The summed E-state index contributed by atoms with van der Waals surface area (Å²) in [4.78, 5) is 30.0. The number of ether oxygens (including phenoxy) is 1. The molecule has 2 N–H and O–H groups in total. The number of nitrogens with one attached hydrogen (secondary N) is 2. The number of amides is 2. The molecular formula is C23H25N3O3. The molecule has 1 fully saturated rings. The van der Waals surface area contributed by atoms with Crippen molar-refractivity contribution in [3.8, 4) is 5.75 Å². The van der Waals surface area contributed by atoms with Gasteiger partial charge in [-0.25, -0.2) is 0 Å². The van der Waals surface area contributed by atoms with E-state index in [0.29, 0.717) is 19.6 Å². The van der Waals surface area contributed by atoms with E-state index in [0.717, 1.165) is 23.3 Å².